The quantitative estimate of drug-likeness (QED) is 0.547. The van der Waals surface area contributed by atoms with Gasteiger partial charge < -0.3 is 10.4 Å². The number of amides is 1. The molecule has 2 N–H and O–H groups in total. The van der Waals surface area contributed by atoms with E-state index in [0.717, 1.165) is 11.3 Å². The Morgan fingerprint density at radius 2 is 1.74 bits per heavy atom. The average Bonchev–Trinajstić information content (AvgIpc) is 3.31. The van der Waals surface area contributed by atoms with E-state index in [0.29, 0.717) is 16.0 Å². The molecular formula is C18H12F3NO3S2. The van der Waals surface area contributed by atoms with E-state index in [9.17, 15) is 27.9 Å². The van der Waals surface area contributed by atoms with E-state index in [2.05, 4.69) is 5.32 Å². The second-order valence-electron chi connectivity index (χ2n) is 5.45. The first kappa shape index (κ1) is 19.1. The number of thiophene rings is 2. The topological polar surface area (TPSA) is 66.4 Å². The van der Waals surface area contributed by atoms with Gasteiger partial charge in [0.05, 0.1) is 4.88 Å². The van der Waals surface area contributed by atoms with Gasteiger partial charge in [0.2, 0.25) is 0 Å². The minimum Gasteiger partial charge on any atom is -0.478 e. The number of rotatable bonds is 6. The Hall–Kier alpha value is -2.65. The highest BCUT2D eigenvalue weighted by Gasteiger charge is 2.24. The van der Waals surface area contributed by atoms with E-state index in [1.165, 1.54) is 35.6 Å². The molecule has 2 aromatic heterocycles. The van der Waals surface area contributed by atoms with Crippen LogP contribution in [-0.4, -0.2) is 23.4 Å². The van der Waals surface area contributed by atoms with Gasteiger partial charge in [-0.2, -0.15) is 0 Å². The molecule has 0 aliphatic carbocycles. The van der Waals surface area contributed by atoms with E-state index in [1.54, 1.807) is 22.9 Å². The predicted octanol–water partition coefficient (Wildman–Crippen LogP) is 5.70. The van der Waals surface area contributed by atoms with Crippen molar-refractivity contribution >= 4 is 39.6 Å². The van der Waals surface area contributed by atoms with Crippen molar-refractivity contribution < 1.29 is 27.9 Å². The van der Waals surface area contributed by atoms with Gasteiger partial charge in [-0.25, -0.2) is 18.0 Å². The number of benzene rings is 1. The van der Waals surface area contributed by atoms with E-state index in [1.807, 2.05) is 0 Å². The normalized spacial score (nSPS) is 12.1. The summed E-state index contributed by atoms with van der Waals surface area (Å²) in [6.07, 6.45) is -5.54. The van der Waals surface area contributed by atoms with Crippen molar-refractivity contribution in [1.82, 2.24) is 0 Å². The van der Waals surface area contributed by atoms with Crippen LogP contribution in [0.25, 0.3) is 11.1 Å². The van der Waals surface area contributed by atoms with Crippen LogP contribution in [0.2, 0.25) is 0 Å². The van der Waals surface area contributed by atoms with Crippen molar-refractivity contribution in [3.63, 3.8) is 0 Å². The van der Waals surface area contributed by atoms with Crippen LogP contribution in [0, 0.1) is 0 Å². The summed E-state index contributed by atoms with van der Waals surface area (Å²) < 4.78 is 38.3. The highest BCUT2D eigenvalue weighted by Crippen LogP contribution is 2.37. The number of anilines is 1. The molecule has 0 saturated heterocycles. The van der Waals surface area contributed by atoms with Gasteiger partial charge in [-0.05, 0) is 22.6 Å². The van der Waals surface area contributed by atoms with Gasteiger partial charge in [0.25, 0.3) is 12.3 Å². The number of carboxylic acids is 1. The van der Waals surface area contributed by atoms with Crippen molar-refractivity contribution in [2.24, 2.45) is 0 Å². The first-order valence-corrected chi connectivity index (χ1v) is 9.36. The molecule has 140 valence electrons. The van der Waals surface area contributed by atoms with Crippen molar-refractivity contribution in [3.05, 3.63) is 63.2 Å². The van der Waals surface area contributed by atoms with Gasteiger partial charge in [-0.3, -0.25) is 4.79 Å². The monoisotopic (exact) mass is 411 g/mol. The molecule has 0 aliphatic rings. The molecule has 9 heteroatoms. The molecule has 0 bridgehead atoms. The smallest absolute Gasteiger partial charge is 0.339 e. The molecule has 2 heterocycles. The Balaban J connectivity index is 1.91. The molecule has 0 aliphatic heterocycles. The number of alkyl halides is 3. The molecule has 4 nitrogen and oxygen atoms in total. The Labute approximate surface area is 159 Å². The summed E-state index contributed by atoms with van der Waals surface area (Å²) in [5, 5.41) is 15.6. The van der Waals surface area contributed by atoms with Crippen LogP contribution in [0.15, 0.2) is 47.2 Å². The summed E-state index contributed by atoms with van der Waals surface area (Å²) >= 11 is 2.26. The number of hydrogen-bond acceptors (Lipinski definition) is 4. The summed E-state index contributed by atoms with van der Waals surface area (Å²) in [7, 11) is 0. The predicted molar refractivity (Wildman–Crippen MR) is 98.8 cm³/mol. The molecule has 1 atom stereocenters. The number of carboxylic acid groups (broad SMARTS) is 1. The molecule has 0 saturated carbocycles. The lowest BCUT2D eigenvalue weighted by atomic mass is 10.0. The minimum absolute atomic E-state index is 0.108. The fraction of sp³-hybridized carbons (Fsp3) is 0.111. The lowest BCUT2D eigenvalue weighted by Crippen LogP contribution is -2.12. The lowest BCUT2D eigenvalue weighted by molar-refractivity contribution is 0.0496. The second kappa shape index (κ2) is 7.93. The zero-order chi connectivity index (χ0) is 19.6. The number of carbonyl (C=O) groups excluding carboxylic acids is 1. The molecule has 3 rings (SSSR count). The zero-order valence-electron chi connectivity index (χ0n) is 13.5. The third kappa shape index (κ3) is 4.04. The molecule has 1 amide bonds. The van der Waals surface area contributed by atoms with Crippen molar-refractivity contribution in [2.45, 2.75) is 12.6 Å². The SMILES string of the molecule is O=C(Nc1scc(-c2ccc(C(F)C(F)F)cc2)c1C(=O)O)c1cccs1. The van der Waals surface area contributed by atoms with E-state index in [-0.39, 0.29) is 16.1 Å². The lowest BCUT2D eigenvalue weighted by Gasteiger charge is -2.09. The Bertz CT molecular complexity index is 953. The minimum atomic E-state index is -3.13. The van der Waals surface area contributed by atoms with Crippen molar-refractivity contribution in [2.75, 3.05) is 5.32 Å². The average molecular weight is 411 g/mol. The maximum absolute atomic E-state index is 13.4. The number of aromatic carboxylic acids is 1. The number of carbonyl (C=O) groups is 2. The molecular weight excluding hydrogens is 399 g/mol. The maximum atomic E-state index is 13.4. The highest BCUT2D eigenvalue weighted by atomic mass is 32.1. The van der Waals surface area contributed by atoms with Gasteiger partial charge in [-0.1, -0.05) is 30.3 Å². The molecule has 3 aromatic rings. The Kier molecular flexibility index (Phi) is 5.62. The summed E-state index contributed by atoms with van der Waals surface area (Å²) in [6.45, 7) is 0. The molecule has 0 fully saturated rings. The fourth-order valence-corrected chi connectivity index (χ4v) is 4.01. The molecule has 1 unspecified atom stereocenters. The van der Waals surface area contributed by atoms with Gasteiger partial charge in [0.1, 0.15) is 10.6 Å². The summed E-state index contributed by atoms with van der Waals surface area (Å²) in [6, 6.07) is 8.47. The summed E-state index contributed by atoms with van der Waals surface area (Å²) in [4.78, 5) is 24.3. The Morgan fingerprint density at radius 1 is 1.04 bits per heavy atom. The van der Waals surface area contributed by atoms with E-state index >= 15 is 0 Å². The number of halogens is 3. The van der Waals surface area contributed by atoms with Gasteiger partial charge in [0.15, 0.2) is 6.17 Å². The van der Waals surface area contributed by atoms with Crippen LogP contribution in [0.4, 0.5) is 18.2 Å². The second-order valence-corrected chi connectivity index (χ2v) is 7.28. The maximum Gasteiger partial charge on any atom is 0.339 e. The third-order valence-electron chi connectivity index (χ3n) is 3.74. The molecule has 1 aromatic carbocycles. The zero-order valence-corrected chi connectivity index (χ0v) is 15.1. The third-order valence-corrected chi connectivity index (χ3v) is 5.50. The van der Waals surface area contributed by atoms with Gasteiger partial charge in [0, 0.05) is 10.9 Å². The summed E-state index contributed by atoms with van der Waals surface area (Å²) in [5.41, 5.74) is 0.439. The Morgan fingerprint density at radius 3 is 2.30 bits per heavy atom. The first-order valence-electron chi connectivity index (χ1n) is 7.60. The van der Waals surface area contributed by atoms with Crippen LogP contribution in [-0.2, 0) is 0 Å². The first-order chi connectivity index (χ1) is 12.9. The van der Waals surface area contributed by atoms with Crippen LogP contribution in [0.1, 0.15) is 31.8 Å². The van der Waals surface area contributed by atoms with Gasteiger partial charge in [-0.15, -0.1) is 22.7 Å². The van der Waals surface area contributed by atoms with Gasteiger partial charge >= 0.3 is 5.97 Å². The van der Waals surface area contributed by atoms with E-state index < -0.39 is 24.5 Å². The van der Waals surface area contributed by atoms with E-state index in [4.69, 9.17) is 0 Å². The number of hydrogen-bond donors (Lipinski definition) is 2. The highest BCUT2D eigenvalue weighted by molar-refractivity contribution is 7.15. The standard InChI is InChI=1S/C18H12F3NO3S2/c19-14(15(20)21)10-5-3-9(4-6-10)11-8-27-17(13(11)18(24)25)22-16(23)12-2-1-7-26-12/h1-8,14-15H,(H,22,23)(H,24,25). The molecule has 0 spiro atoms. The van der Waals surface area contributed by atoms with Crippen LogP contribution in [0.5, 0.6) is 0 Å². The largest absolute Gasteiger partial charge is 0.478 e. The van der Waals surface area contributed by atoms with Crippen molar-refractivity contribution in [3.8, 4) is 11.1 Å². The molecule has 0 radical (unpaired) electrons. The van der Waals surface area contributed by atoms with Crippen molar-refractivity contribution in [1.29, 1.82) is 0 Å². The summed E-state index contributed by atoms with van der Waals surface area (Å²) in [5.74, 6) is -1.67. The molecule has 27 heavy (non-hydrogen) atoms. The van der Waals surface area contributed by atoms with Crippen LogP contribution >= 0.6 is 22.7 Å². The van der Waals surface area contributed by atoms with Crippen LogP contribution in [0.3, 0.4) is 0 Å². The fourth-order valence-electron chi connectivity index (χ4n) is 2.44. The van der Waals surface area contributed by atoms with Crippen LogP contribution < -0.4 is 5.32 Å². The number of nitrogens with one attached hydrogen (secondary N) is 1.